The van der Waals surface area contributed by atoms with E-state index in [9.17, 15) is 4.79 Å². The van der Waals surface area contributed by atoms with Gasteiger partial charge < -0.3 is 14.8 Å². The summed E-state index contributed by atoms with van der Waals surface area (Å²) in [6.45, 7) is 4.93. The van der Waals surface area contributed by atoms with Crippen molar-refractivity contribution >= 4 is 28.9 Å². The Hall–Kier alpha value is -2.73. The molecule has 6 heteroatoms. The Balaban J connectivity index is 1.56. The maximum atomic E-state index is 11.7. The first-order chi connectivity index (χ1) is 12.5. The van der Waals surface area contributed by atoms with Crippen molar-refractivity contribution in [2.24, 2.45) is 0 Å². The Morgan fingerprint density at radius 2 is 1.92 bits per heavy atom. The van der Waals surface area contributed by atoms with E-state index >= 15 is 0 Å². The summed E-state index contributed by atoms with van der Waals surface area (Å²) in [5.41, 5.74) is 3.11. The van der Waals surface area contributed by atoms with Crippen LogP contribution in [0.1, 0.15) is 16.7 Å². The molecule has 3 rings (SSSR count). The van der Waals surface area contributed by atoms with Crippen molar-refractivity contribution < 1.29 is 14.3 Å². The molecule has 1 heterocycles. The fourth-order valence-electron chi connectivity index (χ4n) is 2.46. The predicted octanol–water partition coefficient (Wildman–Crippen LogP) is 3.90. The summed E-state index contributed by atoms with van der Waals surface area (Å²) in [7, 11) is 0. The highest BCUT2D eigenvalue weighted by Crippen LogP contribution is 2.26. The molecule has 0 unspecified atom stereocenters. The highest BCUT2D eigenvalue weighted by molar-refractivity contribution is 8.18. The van der Waals surface area contributed by atoms with Gasteiger partial charge in [0.05, 0.1) is 4.91 Å². The van der Waals surface area contributed by atoms with Crippen molar-refractivity contribution in [1.29, 1.82) is 5.41 Å². The van der Waals surface area contributed by atoms with Gasteiger partial charge in [-0.15, -0.1) is 0 Å². The molecule has 0 aromatic heterocycles. The Kier molecular flexibility index (Phi) is 5.63. The van der Waals surface area contributed by atoms with E-state index in [0.29, 0.717) is 23.9 Å². The van der Waals surface area contributed by atoms with Gasteiger partial charge in [0.25, 0.3) is 5.91 Å². The summed E-state index contributed by atoms with van der Waals surface area (Å²) in [6.07, 6.45) is 1.75. The first-order valence-corrected chi connectivity index (χ1v) is 9.05. The number of carbonyl (C=O) groups is 1. The SMILES string of the molecule is Cc1ccc(C)c(OCCOc2cccc(C=C3SC(=N)NC3=O)c2)c1. The molecule has 1 saturated heterocycles. The molecule has 2 N–H and O–H groups in total. The van der Waals surface area contributed by atoms with Gasteiger partial charge in [-0.25, -0.2) is 0 Å². The maximum Gasteiger partial charge on any atom is 0.264 e. The van der Waals surface area contributed by atoms with Gasteiger partial charge >= 0.3 is 0 Å². The Bertz CT molecular complexity index is 877. The largest absolute Gasteiger partial charge is 0.490 e. The quantitative estimate of drug-likeness (QED) is 0.599. The number of hydrogen-bond donors (Lipinski definition) is 2. The average Bonchev–Trinajstić information content (AvgIpc) is 2.92. The molecule has 2 aromatic rings. The van der Waals surface area contributed by atoms with Crippen LogP contribution < -0.4 is 14.8 Å². The highest BCUT2D eigenvalue weighted by atomic mass is 32.2. The third kappa shape index (κ3) is 4.67. The number of hydrogen-bond acceptors (Lipinski definition) is 5. The van der Waals surface area contributed by atoms with Crippen molar-refractivity contribution in [2.75, 3.05) is 13.2 Å². The second-order valence-electron chi connectivity index (χ2n) is 5.93. The number of benzene rings is 2. The van der Waals surface area contributed by atoms with Crippen LogP contribution in [0, 0.1) is 19.3 Å². The first kappa shape index (κ1) is 18.1. The van der Waals surface area contributed by atoms with Crippen LogP contribution >= 0.6 is 11.8 Å². The van der Waals surface area contributed by atoms with Gasteiger partial charge in [0.1, 0.15) is 24.7 Å². The summed E-state index contributed by atoms with van der Waals surface area (Å²) < 4.78 is 11.5. The monoisotopic (exact) mass is 368 g/mol. The maximum absolute atomic E-state index is 11.7. The van der Waals surface area contributed by atoms with Gasteiger partial charge in [-0.1, -0.05) is 24.3 Å². The van der Waals surface area contributed by atoms with E-state index in [0.717, 1.165) is 34.2 Å². The normalized spacial score (nSPS) is 15.2. The molecule has 5 nitrogen and oxygen atoms in total. The predicted molar refractivity (Wildman–Crippen MR) is 105 cm³/mol. The summed E-state index contributed by atoms with van der Waals surface area (Å²) in [5, 5.41) is 10.1. The van der Waals surface area contributed by atoms with Gasteiger partial charge in [0.15, 0.2) is 5.17 Å². The molecule has 1 aliphatic rings. The molecule has 2 aromatic carbocycles. The summed E-state index contributed by atoms with van der Waals surface area (Å²) in [5.74, 6) is 1.34. The minimum atomic E-state index is -0.242. The molecule has 1 amide bonds. The molecule has 0 spiro atoms. The first-order valence-electron chi connectivity index (χ1n) is 8.23. The molecular formula is C20H20N2O3S. The zero-order valence-electron chi connectivity index (χ0n) is 14.7. The van der Waals surface area contributed by atoms with E-state index < -0.39 is 0 Å². The summed E-state index contributed by atoms with van der Waals surface area (Å²) >= 11 is 1.12. The van der Waals surface area contributed by atoms with Crippen LogP contribution in [-0.2, 0) is 4.79 Å². The van der Waals surface area contributed by atoms with Crippen molar-refractivity contribution in [1.82, 2.24) is 5.32 Å². The van der Waals surface area contributed by atoms with E-state index in [1.165, 1.54) is 0 Å². The number of amides is 1. The van der Waals surface area contributed by atoms with Gasteiger partial charge in [-0.05, 0) is 66.6 Å². The minimum absolute atomic E-state index is 0.150. The number of thioether (sulfide) groups is 1. The molecule has 134 valence electrons. The van der Waals surface area contributed by atoms with Gasteiger partial charge in [0, 0.05) is 0 Å². The van der Waals surface area contributed by atoms with Crippen LogP contribution in [0.3, 0.4) is 0 Å². The summed E-state index contributed by atoms with van der Waals surface area (Å²) in [4.78, 5) is 12.2. The second kappa shape index (κ2) is 8.10. The fourth-order valence-corrected chi connectivity index (χ4v) is 3.16. The Labute approximate surface area is 156 Å². The topological polar surface area (TPSA) is 71.4 Å². The molecule has 26 heavy (non-hydrogen) atoms. The Morgan fingerprint density at radius 1 is 1.12 bits per heavy atom. The number of carbonyl (C=O) groups excluding carboxylic acids is 1. The number of aryl methyl sites for hydroxylation is 2. The zero-order chi connectivity index (χ0) is 18.5. The average molecular weight is 368 g/mol. The van der Waals surface area contributed by atoms with Crippen LogP contribution in [0.5, 0.6) is 11.5 Å². The van der Waals surface area contributed by atoms with Crippen LogP contribution in [0.15, 0.2) is 47.4 Å². The van der Waals surface area contributed by atoms with Crippen LogP contribution in [0.25, 0.3) is 6.08 Å². The Morgan fingerprint density at radius 3 is 2.69 bits per heavy atom. The van der Waals surface area contributed by atoms with Crippen molar-refractivity contribution in [2.45, 2.75) is 13.8 Å². The van der Waals surface area contributed by atoms with Gasteiger partial charge in [-0.3, -0.25) is 10.2 Å². The van der Waals surface area contributed by atoms with Crippen LogP contribution in [0.2, 0.25) is 0 Å². The third-order valence-electron chi connectivity index (χ3n) is 3.77. The molecule has 0 saturated carbocycles. The van der Waals surface area contributed by atoms with Crippen molar-refractivity contribution in [3.05, 3.63) is 64.1 Å². The van der Waals surface area contributed by atoms with Crippen molar-refractivity contribution in [3.8, 4) is 11.5 Å². The molecule has 0 aliphatic carbocycles. The smallest absolute Gasteiger partial charge is 0.264 e. The van der Waals surface area contributed by atoms with Crippen LogP contribution in [0.4, 0.5) is 0 Å². The lowest BCUT2D eigenvalue weighted by Crippen LogP contribution is -2.18. The molecule has 0 radical (unpaired) electrons. The number of nitrogens with one attached hydrogen (secondary N) is 2. The van der Waals surface area contributed by atoms with E-state index in [4.69, 9.17) is 14.9 Å². The van der Waals surface area contributed by atoms with E-state index in [2.05, 4.69) is 11.4 Å². The number of amidine groups is 1. The minimum Gasteiger partial charge on any atom is -0.490 e. The second-order valence-corrected chi connectivity index (χ2v) is 6.98. The standard InChI is InChI=1S/C20H20N2O3S/c1-13-6-7-14(2)17(10-13)25-9-8-24-16-5-3-4-15(11-16)12-18-19(23)22-20(21)26-18/h3-7,10-12H,8-9H2,1-2H3,(H2,21,22,23). The zero-order valence-corrected chi connectivity index (χ0v) is 15.5. The lowest BCUT2D eigenvalue weighted by Gasteiger charge is -2.11. The fraction of sp³-hybridized carbons (Fsp3) is 0.200. The van der Waals surface area contributed by atoms with Crippen LogP contribution in [-0.4, -0.2) is 24.3 Å². The summed E-state index contributed by atoms with van der Waals surface area (Å²) in [6, 6.07) is 13.6. The van der Waals surface area contributed by atoms with E-state index in [1.54, 1.807) is 6.08 Å². The molecular weight excluding hydrogens is 348 g/mol. The lowest BCUT2D eigenvalue weighted by atomic mass is 10.1. The molecule has 1 aliphatic heterocycles. The number of rotatable bonds is 6. The third-order valence-corrected chi connectivity index (χ3v) is 4.60. The molecule has 0 atom stereocenters. The lowest BCUT2D eigenvalue weighted by molar-refractivity contribution is -0.115. The number of ether oxygens (including phenoxy) is 2. The van der Waals surface area contributed by atoms with Gasteiger partial charge in [-0.2, -0.15) is 0 Å². The molecule has 1 fully saturated rings. The molecule has 0 bridgehead atoms. The van der Waals surface area contributed by atoms with Gasteiger partial charge in [0.2, 0.25) is 0 Å². The van der Waals surface area contributed by atoms with E-state index in [-0.39, 0.29) is 11.1 Å². The highest BCUT2D eigenvalue weighted by Gasteiger charge is 2.22. The van der Waals surface area contributed by atoms with Crippen molar-refractivity contribution in [3.63, 3.8) is 0 Å². The van der Waals surface area contributed by atoms with E-state index in [1.807, 2.05) is 50.2 Å².